The number of sulfonamides is 1. The van der Waals surface area contributed by atoms with E-state index in [1.165, 1.54) is 4.31 Å². The molecule has 1 amide bonds. The molecule has 1 atom stereocenters. The van der Waals surface area contributed by atoms with Crippen molar-refractivity contribution in [3.63, 3.8) is 0 Å². The zero-order chi connectivity index (χ0) is 24.0. The number of nitrogens with zero attached hydrogens (tertiary/aromatic N) is 1. The molecule has 0 aliphatic rings. The number of para-hydroxylation sites is 1. The molecule has 6 heteroatoms. The van der Waals surface area contributed by atoms with Gasteiger partial charge in [0, 0.05) is 0 Å². The van der Waals surface area contributed by atoms with Crippen molar-refractivity contribution in [2.24, 2.45) is 0 Å². The summed E-state index contributed by atoms with van der Waals surface area (Å²) >= 11 is 0. The standard InChI is InChI=1S/C27H32N2O3S/c1-5-22-9-7-8-10-26(22)29(33(31,32)24-17-13-21(4)14-18-24)19-27(30)28-25(6-2)23-15-11-20(3)12-16-23/h7-18,25H,5-6,19H2,1-4H3,(H,28,30)/t25-/m0/s1. The largest absolute Gasteiger partial charge is 0.348 e. The molecule has 33 heavy (non-hydrogen) atoms. The molecule has 0 saturated heterocycles. The molecule has 3 aromatic rings. The Bertz CT molecular complexity index is 1190. The van der Waals surface area contributed by atoms with Crippen molar-refractivity contribution in [3.8, 4) is 0 Å². The van der Waals surface area contributed by atoms with Gasteiger partial charge in [-0.05, 0) is 56.0 Å². The van der Waals surface area contributed by atoms with Crippen molar-refractivity contribution in [2.45, 2.75) is 51.5 Å². The number of aryl methyl sites for hydroxylation is 3. The summed E-state index contributed by atoms with van der Waals surface area (Å²) in [7, 11) is -3.94. The number of hydrogen-bond acceptors (Lipinski definition) is 3. The van der Waals surface area contributed by atoms with Crippen LogP contribution in [0, 0.1) is 13.8 Å². The SMILES string of the molecule is CCc1ccccc1N(CC(=O)N[C@@H](CC)c1ccc(C)cc1)S(=O)(=O)c1ccc(C)cc1. The maximum absolute atomic E-state index is 13.7. The van der Waals surface area contributed by atoms with Crippen LogP contribution in [-0.4, -0.2) is 20.9 Å². The fourth-order valence-corrected chi connectivity index (χ4v) is 5.24. The van der Waals surface area contributed by atoms with Crippen LogP contribution in [0.1, 0.15) is 48.6 Å². The lowest BCUT2D eigenvalue weighted by Crippen LogP contribution is -2.42. The van der Waals surface area contributed by atoms with Crippen LogP contribution in [0.5, 0.6) is 0 Å². The molecule has 1 N–H and O–H groups in total. The van der Waals surface area contributed by atoms with E-state index in [-0.39, 0.29) is 23.4 Å². The molecule has 0 aromatic heterocycles. The molecule has 0 radical (unpaired) electrons. The molecule has 3 rings (SSSR count). The van der Waals surface area contributed by atoms with E-state index in [2.05, 4.69) is 5.32 Å². The van der Waals surface area contributed by atoms with Gasteiger partial charge in [-0.3, -0.25) is 9.10 Å². The van der Waals surface area contributed by atoms with Crippen LogP contribution in [0.4, 0.5) is 5.69 Å². The van der Waals surface area contributed by atoms with E-state index in [0.29, 0.717) is 18.5 Å². The van der Waals surface area contributed by atoms with Gasteiger partial charge in [0.2, 0.25) is 5.91 Å². The quantitative estimate of drug-likeness (QED) is 0.465. The Morgan fingerprint density at radius 2 is 1.45 bits per heavy atom. The summed E-state index contributed by atoms with van der Waals surface area (Å²) in [5.74, 6) is -0.344. The maximum Gasteiger partial charge on any atom is 0.264 e. The lowest BCUT2D eigenvalue weighted by Gasteiger charge is -2.27. The topological polar surface area (TPSA) is 66.5 Å². The molecule has 0 fully saturated rings. The first-order valence-electron chi connectivity index (χ1n) is 11.3. The highest BCUT2D eigenvalue weighted by Gasteiger charge is 2.29. The predicted molar refractivity (Wildman–Crippen MR) is 134 cm³/mol. The van der Waals surface area contributed by atoms with Gasteiger partial charge in [0.25, 0.3) is 10.0 Å². The minimum atomic E-state index is -3.94. The summed E-state index contributed by atoms with van der Waals surface area (Å²) in [5, 5.41) is 3.03. The summed E-state index contributed by atoms with van der Waals surface area (Å²) in [6.07, 6.45) is 1.35. The van der Waals surface area contributed by atoms with Crippen molar-refractivity contribution in [1.82, 2.24) is 5.32 Å². The molecule has 0 heterocycles. The predicted octanol–water partition coefficient (Wildman–Crippen LogP) is 5.33. The lowest BCUT2D eigenvalue weighted by molar-refractivity contribution is -0.120. The number of anilines is 1. The van der Waals surface area contributed by atoms with E-state index >= 15 is 0 Å². The highest BCUT2D eigenvalue weighted by atomic mass is 32.2. The highest BCUT2D eigenvalue weighted by molar-refractivity contribution is 7.92. The highest BCUT2D eigenvalue weighted by Crippen LogP contribution is 2.28. The van der Waals surface area contributed by atoms with Gasteiger partial charge in [-0.1, -0.05) is 79.6 Å². The first-order valence-corrected chi connectivity index (χ1v) is 12.7. The third-order valence-corrected chi connectivity index (χ3v) is 7.53. The van der Waals surface area contributed by atoms with Crippen molar-refractivity contribution in [3.05, 3.63) is 95.1 Å². The summed E-state index contributed by atoms with van der Waals surface area (Å²) in [6.45, 7) is 7.60. The van der Waals surface area contributed by atoms with Gasteiger partial charge in [-0.15, -0.1) is 0 Å². The van der Waals surface area contributed by atoms with E-state index < -0.39 is 10.0 Å². The molecule has 0 unspecified atom stereocenters. The van der Waals surface area contributed by atoms with Gasteiger partial charge in [-0.25, -0.2) is 8.42 Å². The summed E-state index contributed by atoms with van der Waals surface area (Å²) in [6, 6.07) is 21.9. The van der Waals surface area contributed by atoms with E-state index in [0.717, 1.165) is 22.3 Å². The summed E-state index contributed by atoms with van der Waals surface area (Å²) in [5.41, 5.74) is 4.51. The van der Waals surface area contributed by atoms with Gasteiger partial charge in [0.15, 0.2) is 0 Å². The number of nitrogens with one attached hydrogen (secondary N) is 1. The fourth-order valence-electron chi connectivity index (χ4n) is 3.78. The second-order valence-corrected chi connectivity index (χ2v) is 10.1. The third-order valence-electron chi connectivity index (χ3n) is 5.76. The second kappa shape index (κ2) is 10.7. The molecule has 0 spiro atoms. The molecule has 0 aliphatic heterocycles. The van der Waals surface area contributed by atoms with Gasteiger partial charge >= 0.3 is 0 Å². The summed E-state index contributed by atoms with van der Waals surface area (Å²) in [4.78, 5) is 13.3. The molecule has 3 aromatic carbocycles. The Morgan fingerprint density at radius 1 is 0.879 bits per heavy atom. The first-order chi connectivity index (χ1) is 15.8. The molecule has 0 bridgehead atoms. The van der Waals surface area contributed by atoms with Crippen LogP contribution in [-0.2, 0) is 21.2 Å². The Hall–Kier alpha value is -3.12. The van der Waals surface area contributed by atoms with Crippen LogP contribution in [0.2, 0.25) is 0 Å². The van der Waals surface area contributed by atoms with Crippen LogP contribution in [0.3, 0.4) is 0 Å². The van der Waals surface area contributed by atoms with Crippen molar-refractivity contribution in [2.75, 3.05) is 10.8 Å². The van der Waals surface area contributed by atoms with Crippen molar-refractivity contribution < 1.29 is 13.2 Å². The van der Waals surface area contributed by atoms with E-state index in [4.69, 9.17) is 0 Å². The van der Waals surface area contributed by atoms with Crippen LogP contribution < -0.4 is 9.62 Å². The third kappa shape index (κ3) is 5.82. The molecule has 0 saturated carbocycles. The average Bonchev–Trinajstić information content (AvgIpc) is 2.82. The number of carbonyl (C=O) groups excluding carboxylic acids is 1. The van der Waals surface area contributed by atoms with Crippen LogP contribution in [0.15, 0.2) is 77.7 Å². The zero-order valence-electron chi connectivity index (χ0n) is 19.7. The fraction of sp³-hybridized carbons (Fsp3) is 0.296. The van der Waals surface area contributed by atoms with Gasteiger partial charge < -0.3 is 5.32 Å². The number of carbonyl (C=O) groups is 1. The zero-order valence-corrected chi connectivity index (χ0v) is 20.5. The number of amides is 1. The Labute approximate surface area is 197 Å². The Balaban J connectivity index is 1.95. The molecular formula is C27H32N2O3S. The lowest BCUT2D eigenvalue weighted by atomic mass is 10.0. The summed E-state index contributed by atoms with van der Waals surface area (Å²) < 4.78 is 28.5. The normalized spacial score (nSPS) is 12.2. The number of rotatable bonds is 9. The van der Waals surface area contributed by atoms with Gasteiger partial charge in [-0.2, -0.15) is 0 Å². The van der Waals surface area contributed by atoms with Crippen LogP contribution >= 0.6 is 0 Å². The smallest absolute Gasteiger partial charge is 0.264 e. The van der Waals surface area contributed by atoms with E-state index in [1.54, 1.807) is 36.4 Å². The second-order valence-electron chi connectivity index (χ2n) is 8.25. The van der Waals surface area contributed by atoms with Crippen molar-refractivity contribution >= 4 is 21.6 Å². The minimum Gasteiger partial charge on any atom is -0.348 e. The van der Waals surface area contributed by atoms with Crippen molar-refractivity contribution in [1.29, 1.82) is 0 Å². The molecular weight excluding hydrogens is 432 g/mol. The number of benzene rings is 3. The van der Waals surface area contributed by atoms with E-state index in [1.807, 2.05) is 64.1 Å². The van der Waals surface area contributed by atoms with Gasteiger partial charge in [0.1, 0.15) is 6.54 Å². The first kappa shape index (κ1) is 24.5. The van der Waals surface area contributed by atoms with Gasteiger partial charge in [0.05, 0.1) is 16.6 Å². The molecule has 0 aliphatic carbocycles. The Morgan fingerprint density at radius 3 is 2.03 bits per heavy atom. The Kier molecular flexibility index (Phi) is 7.92. The van der Waals surface area contributed by atoms with Crippen LogP contribution in [0.25, 0.3) is 0 Å². The maximum atomic E-state index is 13.7. The molecule has 174 valence electrons. The van der Waals surface area contributed by atoms with E-state index in [9.17, 15) is 13.2 Å². The minimum absolute atomic E-state index is 0.164. The average molecular weight is 465 g/mol. The number of hydrogen-bond donors (Lipinski definition) is 1. The molecule has 5 nitrogen and oxygen atoms in total. The monoisotopic (exact) mass is 464 g/mol.